The molecule has 2 aliphatic rings. The van der Waals surface area contributed by atoms with Gasteiger partial charge in [0.05, 0.1) is 5.52 Å². The number of aromatic amines is 3. The molecule has 692 valence electrons. The minimum absolute atomic E-state index is 0.243. The van der Waals surface area contributed by atoms with Crippen LogP contribution in [0.2, 0.25) is 0 Å². The fraction of sp³-hybridized carbons (Fsp3) is 0.414. The summed E-state index contributed by atoms with van der Waals surface area (Å²) in [5.74, 6) is 7.63. The Morgan fingerprint density at radius 3 is 0.549 bits per heavy atom. The second-order valence-corrected chi connectivity index (χ2v) is 49.5. The maximum atomic E-state index is 7.57. The number of ether oxygens (including phenoxy) is 6. The van der Waals surface area contributed by atoms with Crippen molar-refractivity contribution in [3.8, 4) is 115 Å². The Morgan fingerprint density at radius 2 is 0.361 bits per heavy atom. The van der Waals surface area contributed by atoms with Crippen LogP contribution >= 0.6 is 0 Å². The van der Waals surface area contributed by atoms with E-state index in [4.69, 9.17) is 58.3 Å². The Morgan fingerprint density at radius 1 is 0.188 bits per heavy atom. The molecule has 0 amide bonds. The molecule has 0 radical (unpaired) electrons. The van der Waals surface area contributed by atoms with Gasteiger partial charge in [0.2, 0.25) is 0 Å². The number of nitrogens with one attached hydrogen (secondary N) is 3. The van der Waals surface area contributed by atoms with Crippen molar-refractivity contribution < 1.29 is 28.4 Å². The zero-order chi connectivity index (χ0) is 96.7. The van der Waals surface area contributed by atoms with Gasteiger partial charge in [-0.05, 0) is 253 Å². The van der Waals surface area contributed by atoms with Gasteiger partial charge in [-0.25, -0.2) is 29.9 Å². The summed E-state index contributed by atoms with van der Waals surface area (Å²) in [6, 6.07) is 55.6. The summed E-state index contributed by atoms with van der Waals surface area (Å²) in [6.07, 6.45) is 0. The summed E-state index contributed by atoms with van der Waals surface area (Å²) in [7, 11) is 0. The molecule has 0 saturated carbocycles. The number of H-pyrrole nitrogens is 3. The third kappa shape index (κ3) is 19.8. The van der Waals surface area contributed by atoms with Crippen molar-refractivity contribution in [2.75, 3.05) is 0 Å². The Hall–Kier alpha value is -12.2. The Bertz CT molecular complexity index is 6580. The highest BCUT2D eigenvalue weighted by atomic mass is 16.5. The predicted octanol–water partition coefficient (Wildman–Crippen LogP) is 32.5. The maximum Gasteiger partial charge on any atom is 0.170 e. The first-order valence-electron chi connectivity index (χ1n) is 47.0. The summed E-state index contributed by atoms with van der Waals surface area (Å²) in [6.45, 7) is 80.5. The van der Waals surface area contributed by atoms with Crippen molar-refractivity contribution in [3.63, 3.8) is 0 Å². The Balaban J connectivity index is 1.06. The fourth-order valence-electron chi connectivity index (χ4n) is 16.5. The SMILES string of the molecule is CC(C)(C)c1cc(Oc2cc3c(cc2Oc2cc(C(C)(C)C)cc(C(C)(C)C)c2)-c2nc-3nc3[nH]c(nc4nc(nc5[nH]c(n2)c2cc6nn[nH]c6cc52)-c2cc(Oc5cc(C(C)(C)C)cc(C(C)(C)C)c5)c(Oc5cc(C(C)(C)C)cc(C(C)(C)C)c5)cc2-4)c2cc(Oc4cc(C(C)(C)C)cc(C(C)(C)C)c4)c(Oc4cc(C(C)(C)C)cc(C(C)(C)C)c4)cc32)cc(C(C)(C)C)c1. The zero-order valence-corrected chi connectivity index (χ0v) is 85.5. The molecule has 6 heterocycles. The van der Waals surface area contributed by atoms with Crippen LogP contribution < -0.4 is 28.4 Å². The third-order valence-electron chi connectivity index (χ3n) is 25.7. The lowest BCUT2D eigenvalue weighted by Crippen LogP contribution is -2.16. The number of benzene rings is 10. The average molecular weight is 1780 g/mol. The molecule has 0 aliphatic carbocycles. The molecular weight excluding hydrogens is 1640 g/mol. The van der Waals surface area contributed by atoms with Crippen molar-refractivity contribution in [3.05, 3.63) is 224 Å². The number of hydrogen-bond donors (Lipinski definition) is 3. The monoisotopic (exact) mass is 1780 g/mol. The molecule has 0 atom stereocenters. The van der Waals surface area contributed by atoms with Gasteiger partial charge >= 0.3 is 0 Å². The van der Waals surface area contributed by atoms with Crippen LogP contribution in [0.15, 0.2) is 158 Å². The molecule has 0 fully saturated rings. The first kappa shape index (κ1) is 94.0. The molecule has 0 spiro atoms. The summed E-state index contributed by atoms with van der Waals surface area (Å²) in [5, 5.41) is 14.7. The summed E-state index contributed by atoms with van der Waals surface area (Å²) < 4.78 is 45.2. The van der Waals surface area contributed by atoms with Crippen LogP contribution in [0.4, 0.5) is 0 Å². The fourth-order valence-corrected chi connectivity index (χ4v) is 16.5. The van der Waals surface area contributed by atoms with Crippen LogP contribution in [-0.4, -0.2) is 55.3 Å². The van der Waals surface area contributed by atoms with E-state index < -0.39 is 0 Å². The summed E-state index contributed by atoms with van der Waals surface area (Å²) in [4.78, 5) is 42.1. The van der Waals surface area contributed by atoms with E-state index in [0.29, 0.717) is 170 Å². The molecule has 10 aromatic carbocycles. The second-order valence-electron chi connectivity index (χ2n) is 49.5. The topological polar surface area (TPSA) is 206 Å². The minimum atomic E-state index is -0.256. The normalized spacial score (nSPS) is 13.4. The van der Waals surface area contributed by atoms with E-state index in [0.717, 1.165) is 66.8 Å². The quantitative estimate of drug-likeness (QED) is 0.104. The lowest BCUT2D eigenvalue weighted by Gasteiger charge is -2.27. The van der Waals surface area contributed by atoms with Gasteiger partial charge in [0.15, 0.2) is 57.8 Å². The Kier molecular flexibility index (Phi) is 22.8. The number of nitrogens with zero attached hydrogens (tertiary/aromatic N) is 8. The molecular formula is C116H137N11O6. The van der Waals surface area contributed by atoms with Gasteiger partial charge in [0.25, 0.3) is 0 Å². The van der Waals surface area contributed by atoms with Crippen LogP contribution in [-0.2, 0) is 65.0 Å². The van der Waals surface area contributed by atoms with E-state index in [2.05, 4.69) is 384 Å². The van der Waals surface area contributed by atoms with Crippen molar-refractivity contribution in [1.29, 1.82) is 0 Å². The van der Waals surface area contributed by atoms with E-state index in [-0.39, 0.29) is 65.0 Å². The Labute approximate surface area is 787 Å². The lowest BCUT2D eigenvalue weighted by molar-refractivity contribution is 0.414. The van der Waals surface area contributed by atoms with Gasteiger partial charge in [0.1, 0.15) is 62.6 Å². The average Bonchev–Trinajstić information content (AvgIpc) is 1.73. The number of fused-ring (bicyclic) bond motifs is 21. The second kappa shape index (κ2) is 32.3. The lowest BCUT2D eigenvalue weighted by atomic mass is 9.80. The van der Waals surface area contributed by atoms with Gasteiger partial charge in [-0.15, -0.1) is 5.10 Å². The van der Waals surface area contributed by atoms with Crippen molar-refractivity contribution in [1.82, 2.24) is 55.3 Å². The standard InChI is InChI=1S/C116H137N11O6/c1-105(2,3)63-37-64(106(4,5)6)44-75(43-63)128-91-57-83-85(59-93(91)130-77-47-67(109(13,14)15)39-68(48-77)110(16,17)18)101-120-99(83)118-97-81-55-89-90(126-127-125-89)56-82(81)98(117-97)119-100-84-58-92(129-76-45-65(107(7,8)9)38-66(46-76)108(10,11)12)94(131-78-49-69(111(19,20)21)40-70(50-78)112(22,23)24)60-86(84)102(121-100)123-104-88-62-96(133-80-53-73(115(31,32)33)42-74(54-80)116(34,35)36)95(61-87(88)103(122-101)124-104)132-79-51-71(113(25,26)27)41-72(52-79)114(28,29)30/h37-62H,1-36H3,(H,125,126,127)(H2,117,118,119,120,121,122,123,124). The smallest absolute Gasteiger partial charge is 0.170 e. The zero-order valence-electron chi connectivity index (χ0n) is 85.5. The highest BCUT2D eigenvalue weighted by Gasteiger charge is 2.35. The molecule has 8 bridgehead atoms. The third-order valence-corrected chi connectivity index (χ3v) is 25.7. The van der Waals surface area contributed by atoms with Crippen molar-refractivity contribution >= 4 is 55.2 Å². The van der Waals surface area contributed by atoms with E-state index in [9.17, 15) is 0 Å². The van der Waals surface area contributed by atoms with Gasteiger partial charge in [-0.3, -0.25) is 5.10 Å². The predicted molar refractivity (Wildman–Crippen MR) is 547 cm³/mol. The van der Waals surface area contributed by atoms with E-state index in [1.807, 2.05) is 48.5 Å². The van der Waals surface area contributed by atoms with Crippen LogP contribution in [0.25, 0.3) is 101 Å². The maximum absolute atomic E-state index is 7.57. The highest BCUT2D eigenvalue weighted by Crippen LogP contribution is 2.53. The number of hydrogen-bond acceptors (Lipinski definition) is 14. The van der Waals surface area contributed by atoms with E-state index in [1.165, 1.54) is 0 Å². The molecule has 4 aromatic heterocycles. The van der Waals surface area contributed by atoms with Gasteiger partial charge in [-0.2, -0.15) is 0 Å². The summed E-state index contributed by atoms with van der Waals surface area (Å²) >= 11 is 0. The van der Waals surface area contributed by atoms with Gasteiger partial charge < -0.3 is 38.4 Å². The molecule has 17 nitrogen and oxygen atoms in total. The van der Waals surface area contributed by atoms with Gasteiger partial charge in [0, 0.05) is 43.8 Å². The molecule has 2 aliphatic heterocycles. The molecule has 14 aromatic rings. The van der Waals surface area contributed by atoms with Crippen LogP contribution in [0.5, 0.6) is 69.0 Å². The molecule has 3 N–H and O–H groups in total. The molecule has 16 rings (SSSR count). The molecule has 17 heteroatoms. The molecule has 0 unspecified atom stereocenters. The summed E-state index contributed by atoms with van der Waals surface area (Å²) in [5.41, 5.74) is 15.8. The largest absolute Gasteiger partial charge is 0.453 e. The van der Waals surface area contributed by atoms with Crippen LogP contribution in [0.1, 0.15) is 316 Å². The van der Waals surface area contributed by atoms with Crippen LogP contribution in [0.3, 0.4) is 0 Å². The highest BCUT2D eigenvalue weighted by molar-refractivity contribution is 6.10. The first-order valence-corrected chi connectivity index (χ1v) is 47.0. The van der Waals surface area contributed by atoms with Crippen molar-refractivity contribution in [2.45, 2.75) is 314 Å². The minimum Gasteiger partial charge on any atom is -0.453 e. The van der Waals surface area contributed by atoms with Crippen molar-refractivity contribution in [2.24, 2.45) is 0 Å². The number of rotatable bonds is 12. The first-order chi connectivity index (χ1) is 61.3. The van der Waals surface area contributed by atoms with Gasteiger partial charge in [-0.1, -0.05) is 291 Å². The van der Waals surface area contributed by atoms with E-state index >= 15 is 0 Å². The molecule has 0 saturated heterocycles. The van der Waals surface area contributed by atoms with Crippen LogP contribution in [0, 0.1) is 0 Å². The van der Waals surface area contributed by atoms with E-state index in [1.54, 1.807) is 0 Å². The molecule has 133 heavy (non-hydrogen) atoms. The number of aromatic nitrogens is 11.